The summed E-state index contributed by atoms with van der Waals surface area (Å²) in [5.74, 6) is -0.0804. The standard InChI is InChI=1S/C17H18N6O2S/c24-15(19-8-12-5-1-2-6-18-12)11-4-3-7-23(9-11)17-22-14-13(26-17)16(25)21-10-20-14/h1-2,5-6,10-11H,3-4,7-9H2,(H,19,24)(H,20,21,25). The first-order chi connectivity index (χ1) is 12.7. The highest BCUT2D eigenvalue weighted by molar-refractivity contribution is 7.22. The van der Waals surface area contributed by atoms with Crippen LogP contribution in [0.4, 0.5) is 5.13 Å². The van der Waals surface area contributed by atoms with Crippen LogP contribution in [0.15, 0.2) is 35.5 Å². The minimum Gasteiger partial charge on any atom is -0.350 e. The first-order valence-corrected chi connectivity index (χ1v) is 9.29. The summed E-state index contributed by atoms with van der Waals surface area (Å²) in [5, 5.41) is 3.71. The highest BCUT2D eigenvalue weighted by atomic mass is 32.1. The quantitative estimate of drug-likeness (QED) is 0.718. The lowest BCUT2D eigenvalue weighted by Gasteiger charge is -2.31. The van der Waals surface area contributed by atoms with E-state index in [1.165, 1.54) is 17.7 Å². The lowest BCUT2D eigenvalue weighted by Crippen LogP contribution is -2.43. The number of carbonyl (C=O) groups is 1. The Bertz CT molecular complexity index is 970. The number of hydrogen-bond acceptors (Lipinski definition) is 7. The van der Waals surface area contributed by atoms with Gasteiger partial charge in [-0.25, -0.2) is 4.98 Å². The van der Waals surface area contributed by atoms with E-state index in [-0.39, 0.29) is 17.4 Å². The van der Waals surface area contributed by atoms with Gasteiger partial charge in [0.05, 0.1) is 24.5 Å². The molecule has 134 valence electrons. The summed E-state index contributed by atoms with van der Waals surface area (Å²) in [6, 6.07) is 5.64. The smallest absolute Gasteiger partial charge is 0.270 e. The number of amides is 1. The lowest BCUT2D eigenvalue weighted by atomic mass is 9.97. The van der Waals surface area contributed by atoms with Gasteiger partial charge in [-0.1, -0.05) is 17.4 Å². The molecule has 1 fully saturated rings. The van der Waals surface area contributed by atoms with Gasteiger partial charge in [-0.3, -0.25) is 14.6 Å². The number of fused-ring (bicyclic) bond motifs is 1. The SMILES string of the molecule is O=C(NCc1ccccn1)C1CCCN(c2nc3nc[nH]c(=O)c3s2)C1. The van der Waals surface area contributed by atoms with Crippen molar-refractivity contribution in [1.29, 1.82) is 0 Å². The summed E-state index contributed by atoms with van der Waals surface area (Å²) >= 11 is 1.32. The van der Waals surface area contributed by atoms with Crippen molar-refractivity contribution in [1.82, 2.24) is 25.3 Å². The number of aromatic nitrogens is 4. The number of rotatable bonds is 4. The second kappa shape index (κ2) is 7.20. The minimum absolute atomic E-state index is 0.0254. The predicted molar refractivity (Wildman–Crippen MR) is 99.1 cm³/mol. The van der Waals surface area contributed by atoms with Gasteiger partial charge in [-0.05, 0) is 25.0 Å². The van der Waals surface area contributed by atoms with Crippen molar-refractivity contribution in [3.63, 3.8) is 0 Å². The maximum absolute atomic E-state index is 12.5. The molecule has 1 amide bonds. The van der Waals surface area contributed by atoms with Crippen LogP contribution < -0.4 is 15.8 Å². The zero-order valence-electron chi connectivity index (χ0n) is 14.0. The van der Waals surface area contributed by atoms with Crippen LogP contribution in [0.25, 0.3) is 10.3 Å². The molecule has 0 bridgehead atoms. The Kier molecular flexibility index (Phi) is 4.61. The molecular formula is C17H18N6O2S. The van der Waals surface area contributed by atoms with Gasteiger partial charge < -0.3 is 15.2 Å². The molecule has 1 aliphatic rings. The van der Waals surface area contributed by atoms with Crippen LogP contribution in [-0.2, 0) is 11.3 Å². The normalized spacial score (nSPS) is 17.4. The molecule has 4 rings (SSSR count). The fraction of sp³-hybridized carbons (Fsp3) is 0.353. The molecule has 1 unspecified atom stereocenters. The van der Waals surface area contributed by atoms with E-state index in [2.05, 4.69) is 30.2 Å². The summed E-state index contributed by atoms with van der Waals surface area (Å²) in [6.45, 7) is 1.84. The highest BCUT2D eigenvalue weighted by Crippen LogP contribution is 2.29. The predicted octanol–water partition coefficient (Wildman–Crippen LogP) is 1.31. The van der Waals surface area contributed by atoms with Gasteiger partial charge in [0.15, 0.2) is 10.8 Å². The van der Waals surface area contributed by atoms with Gasteiger partial charge >= 0.3 is 0 Å². The molecule has 0 radical (unpaired) electrons. The van der Waals surface area contributed by atoms with E-state index in [9.17, 15) is 9.59 Å². The number of thiazole rings is 1. The Morgan fingerprint density at radius 3 is 3.12 bits per heavy atom. The van der Waals surface area contributed by atoms with E-state index < -0.39 is 0 Å². The molecule has 4 heterocycles. The number of hydrogen-bond donors (Lipinski definition) is 2. The Hall–Kier alpha value is -2.81. The number of nitrogens with zero attached hydrogens (tertiary/aromatic N) is 4. The number of carbonyl (C=O) groups excluding carboxylic acids is 1. The van der Waals surface area contributed by atoms with Crippen LogP contribution >= 0.6 is 11.3 Å². The largest absolute Gasteiger partial charge is 0.350 e. The summed E-state index contributed by atoms with van der Waals surface area (Å²) in [6.07, 6.45) is 4.82. The third kappa shape index (κ3) is 3.43. The van der Waals surface area contributed by atoms with E-state index in [1.807, 2.05) is 18.2 Å². The van der Waals surface area contributed by atoms with Crippen LogP contribution in [-0.4, -0.2) is 38.9 Å². The third-order valence-corrected chi connectivity index (χ3v) is 5.52. The van der Waals surface area contributed by atoms with Crippen LogP contribution in [0.3, 0.4) is 0 Å². The molecule has 0 aromatic carbocycles. The van der Waals surface area contributed by atoms with E-state index in [4.69, 9.17) is 0 Å². The topological polar surface area (TPSA) is 104 Å². The first-order valence-electron chi connectivity index (χ1n) is 8.47. The van der Waals surface area contributed by atoms with E-state index in [0.717, 1.165) is 30.2 Å². The van der Waals surface area contributed by atoms with Crippen molar-refractivity contribution in [2.45, 2.75) is 19.4 Å². The summed E-state index contributed by atoms with van der Waals surface area (Å²) in [5.41, 5.74) is 1.11. The van der Waals surface area contributed by atoms with E-state index >= 15 is 0 Å². The average molecular weight is 370 g/mol. The van der Waals surface area contributed by atoms with E-state index in [0.29, 0.717) is 23.4 Å². The van der Waals surface area contributed by atoms with Crippen molar-refractivity contribution >= 4 is 32.7 Å². The fourth-order valence-corrected chi connectivity index (χ4v) is 4.03. The summed E-state index contributed by atoms with van der Waals surface area (Å²) in [4.78, 5) is 41.8. The van der Waals surface area contributed by atoms with Crippen LogP contribution in [0, 0.1) is 5.92 Å². The molecule has 9 heteroatoms. The second-order valence-corrected chi connectivity index (χ2v) is 7.18. The average Bonchev–Trinajstić information content (AvgIpc) is 3.13. The van der Waals surface area contributed by atoms with Crippen molar-refractivity contribution in [3.8, 4) is 0 Å². The number of anilines is 1. The molecule has 3 aromatic rings. The minimum atomic E-state index is -0.180. The van der Waals surface area contributed by atoms with Crippen LogP contribution in [0.5, 0.6) is 0 Å². The molecule has 0 spiro atoms. The molecule has 0 aliphatic carbocycles. The number of aromatic amines is 1. The van der Waals surface area contributed by atoms with Gasteiger partial charge in [0.2, 0.25) is 5.91 Å². The fourth-order valence-electron chi connectivity index (χ4n) is 3.08. The number of H-pyrrole nitrogens is 1. The number of pyridine rings is 1. The number of piperidine rings is 1. The maximum atomic E-state index is 12.5. The Balaban J connectivity index is 1.44. The van der Waals surface area contributed by atoms with Crippen LogP contribution in [0.2, 0.25) is 0 Å². The zero-order chi connectivity index (χ0) is 17.9. The zero-order valence-corrected chi connectivity index (χ0v) is 14.8. The van der Waals surface area contributed by atoms with E-state index in [1.54, 1.807) is 6.20 Å². The van der Waals surface area contributed by atoms with Gasteiger partial charge in [-0.15, -0.1) is 0 Å². The highest BCUT2D eigenvalue weighted by Gasteiger charge is 2.27. The Labute approximate surface area is 153 Å². The number of nitrogens with one attached hydrogen (secondary N) is 2. The molecule has 1 saturated heterocycles. The molecule has 1 aliphatic heterocycles. The molecule has 0 saturated carbocycles. The summed E-state index contributed by atoms with van der Waals surface area (Å²) < 4.78 is 0.518. The second-order valence-electron chi connectivity index (χ2n) is 6.20. The van der Waals surface area contributed by atoms with Crippen molar-refractivity contribution in [2.75, 3.05) is 18.0 Å². The van der Waals surface area contributed by atoms with Crippen molar-refractivity contribution in [3.05, 3.63) is 46.8 Å². The van der Waals surface area contributed by atoms with Gasteiger partial charge in [0.1, 0.15) is 4.70 Å². The third-order valence-electron chi connectivity index (χ3n) is 4.42. The lowest BCUT2D eigenvalue weighted by molar-refractivity contribution is -0.125. The maximum Gasteiger partial charge on any atom is 0.270 e. The first kappa shape index (κ1) is 16.6. The molecule has 8 nitrogen and oxygen atoms in total. The molecule has 1 atom stereocenters. The summed E-state index contributed by atoms with van der Waals surface area (Å²) in [7, 11) is 0. The Morgan fingerprint density at radius 1 is 1.38 bits per heavy atom. The van der Waals surface area contributed by atoms with Gasteiger partial charge in [0, 0.05) is 19.3 Å². The van der Waals surface area contributed by atoms with Gasteiger partial charge in [0.25, 0.3) is 5.56 Å². The van der Waals surface area contributed by atoms with Gasteiger partial charge in [-0.2, -0.15) is 4.98 Å². The molecular weight excluding hydrogens is 352 g/mol. The Morgan fingerprint density at radius 2 is 2.31 bits per heavy atom. The molecule has 3 aromatic heterocycles. The molecule has 26 heavy (non-hydrogen) atoms. The van der Waals surface area contributed by atoms with Crippen LogP contribution in [0.1, 0.15) is 18.5 Å². The van der Waals surface area contributed by atoms with Crippen molar-refractivity contribution in [2.24, 2.45) is 5.92 Å². The monoisotopic (exact) mass is 370 g/mol. The molecule has 2 N–H and O–H groups in total. The van der Waals surface area contributed by atoms with Crippen molar-refractivity contribution < 1.29 is 4.79 Å².